The Morgan fingerprint density at radius 3 is 3.09 bits per heavy atom. The number of nitrogens with zero attached hydrogens (tertiary/aromatic N) is 5. The van der Waals surface area contributed by atoms with Gasteiger partial charge in [0.2, 0.25) is 16.9 Å². The van der Waals surface area contributed by atoms with Gasteiger partial charge in [-0.15, -0.1) is 5.10 Å². The Hall–Kier alpha value is -3.11. The van der Waals surface area contributed by atoms with Crippen LogP contribution in [-0.4, -0.2) is 74.0 Å². The van der Waals surface area contributed by atoms with Gasteiger partial charge in [0.1, 0.15) is 12.7 Å². The minimum absolute atomic E-state index is 0.136. The molecule has 0 bridgehead atoms. The topological polar surface area (TPSA) is 97.6 Å². The second-order valence-electron chi connectivity index (χ2n) is 8.05. The first kappa shape index (κ1) is 21.7. The third-order valence-corrected chi connectivity index (χ3v) is 6.30. The molecule has 4 heterocycles. The second-order valence-corrected chi connectivity index (χ2v) is 8.82. The van der Waals surface area contributed by atoms with Crippen LogP contribution in [0.15, 0.2) is 41.7 Å². The molecule has 1 fully saturated rings. The van der Waals surface area contributed by atoms with Crippen molar-refractivity contribution in [1.29, 1.82) is 0 Å². The Labute approximate surface area is 195 Å². The molecule has 1 aliphatic rings. The molecule has 1 saturated heterocycles. The van der Waals surface area contributed by atoms with Crippen molar-refractivity contribution in [3.05, 3.63) is 47.8 Å². The van der Waals surface area contributed by atoms with Crippen LogP contribution in [-0.2, 0) is 16.0 Å². The van der Waals surface area contributed by atoms with E-state index in [1.54, 1.807) is 4.52 Å². The highest BCUT2D eigenvalue weighted by Gasteiger charge is 2.25. The van der Waals surface area contributed by atoms with Crippen molar-refractivity contribution < 1.29 is 14.3 Å². The van der Waals surface area contributed by atoms with Gasteiger partial charge in [-0.25, -0.2) is 4.98 Å². The van der Waals surface area contributed by atoms with Crippen LogP contribution in [0, 0.1) is 6.92 Å². The largest absolute Gasteiger partial charge is 0.475 e. The number of ether oxygens (including phenoxy) is 2. The molecule has 1 N–H and O–H groups in total. The van der Waals surface area contributed by atoms with E-state index in [9.17, 15) is 4.79 Å². The van der Waals surface area contributed by atoms with Crippen molar-refractivity contribution in [2.45, 2.75) is 31.0 Å². The minimum Gasteiger partial charge on any atom is -0.475 e. The van der Waals surface area contributed by atoms with Crippen LogP contribution in [0.3, 0.4) is 0 Å². The number of carbonyl (C=O) groups excluding carboxylic acids is 1. The quantitative estimate of drug-likeness (QED) is 0.418. The summed E-state index contributed by atoms with van der Waals surface area (Å²) in [7, 11) is 0. The first-order valence-electron chi connectivity index (χ1n) is 11.0. The number of H-pyrrole nitrogens is 1. The number of aryl methyl sites for hydroxylation is 2. The summed E-state index contributed by atoms with van der Waals surface area (Å²) < 4.78 is 13.5. The predicted octanol–water partition coefficient (Wildman–Crippen LogP) is 2.87. The number of hydrogen-bond donors (Lipinski definition) is 1. The lowest BCUT2D eigenvalue weighted by Crippen LogP contribution is -2.47. The molecule has 0 saturated carbocycles. The predicted molar refractivity (Wildman–Crippen MR) is 126 cm³/mol. The summed E-state index contributed by atoms with van der Waals surface area (Å²) in [5.74, 6) is 1.21. The second kappa shape index (κ2) is 9.40. The van der Waals surface area contributed by atoms with Crippen molar-refractivity contribution in [2.75, 3.05) is 32.6 Å². The van der Waals surface area contributed by atoms with E-state index in [4.69, 9.17) is 9.47 Å². The molecular weight excluding hydrogens is 440 g/mol. The highest BCUT2D eigenvalue weighted by molar-refractivity contribution is 7.98. The van der Waals surface area contributed by atoms with Crippen LogP contribution in [0.2, 0.25) is 0 Å². The zero-order valence-electron chi connectivity index (χ0n) is 18.7. The van der Waals surface area contributed by atoms with E-state index in [1.807, 2.05) is 48.5 Å². The van der Waals surface area contributed by atoms with Gasteiger partial charge in [-0.2, -0.15) is 9.50 Å². The van der Waals surface area contributed by atoms with Gasteiger partial charge in [0.15, 0.2) is 0 Å². The molecule has 5 rings (SSSR count). The van der Waals surface area contributed by atoms with Crippen molar-refractivity contribution >= 4 is 34.3 Å². The molecule has 1 amide bonds. The van der Waals surface area contributed by atoms with E-state index in [0.717, 1.165) is 11.2 Å². The number of aromatic nitrogens is 5. The average molecular weight is 467 g/mol. The fourth-order valence-corrected chi connectivity index (χ4v) is 4.42. The number of para-hydroxylation sites is 1. The third-order valence-electron chi connectivity index (χ3n) is 5.76. The molecule has 0 radical (unpaired) electrons. The summed E-state index contributed by atoms with van der Waals surface area (Å²) in [5, 5.41) is 6.24. The van der Waals surface area contributed by atoms with E-state index in [0.29, 0.717) is 56.0 Å². The number of hydrogen-bond acceptors (Lipinski definition) is 7. The molecule has 0 spiro atoms. The number of aromatic amines is 1. The number of carbonyl (C=O) groups is 1. The summed E-state index contributed by atoms with van der Waals surface area (Å²) in [5.41, 5.74) is 3.07. The summed E-state index contributed by atoms with van der Waals surface area (Å²) in [4.78, 5) is 26.8. The fraction of sp³-hybridized carbons (Fsp3) is 0.391. The van der Waals surface area contributed by atoms with Crippen molar-refractivity contribution in [2.24, 2.45) is 0 Å². The molecule has 33 heavy (non-hydrogen) atoms. The Kier molecular flexibility index (Phi) is 6.19. The van der Waals surface area contributed by atoms with Gasteiger partial charge in [0.25, 0.3) is 5.78 Å². The lowest BCUT2D eigenvalue weighted by molar-refractivity contribution is -0.139. The molecule has 9 nitrogen and oxygen atoms in total. The molecule has 172 valence electrons. The standard InChI is InChI=1S/C23H26N6O3S/c1-15-11-21(29-22(25-15)26-23(27-29)33-2)32-14-17-13-28(9-10-31-17)20(30)8-7-16-12-24-19-6-4-3-5-18(16)19/h3-6,11-12,17,24H,7-10,13-14H2,1-2H3. The molecule has 1 aromatic carbocycles. The number of morpholine rings is 1. The lowest BCUT2D eigenvalue weighted by atomic mass is 10.1. The van der Waals surface area contributed by atoms with Crippen molar-refractivity contribution in [3.63, 3.8) is 0 Å². The summed E-state index contributed by atoms with van der Waals surface area (Å²) in [6.45, 7) is 3.82. The van der Waals surface area contributed by atoms with Crippen LogP contribution in [0.4, 0.5) is 0 Å². The third kappa shape index (κ3) is 4.67. The minimum atomic E-state index is -0.206. The number of amides is 1. The van der Waals surface area contributed by atoms with E-state index < -0.39 is 0 Å². The average Bonchev–Trinajstić information content (AvgIpc) is 3.45. The maximum Gasteiger partial charge on any atom is 0.256 e. The number of nitrogens with one attached hydrogen (secondary N) is 1. The number of benzene rings is 1. The Morgan fingerprint density at radius 2 is 2.21 bits per heavy atom. The van der Waals surface area contributed by atoms with Crippen LogP contribution >= 0.6 is 11.8 Å². The monoisotopic (exact) mass is 466 g/mol. The summed E-state index contributed by atoms with van der Waals surface area (Å²) >= 11 is 1.45. The fourth-order valence-electron chi connectivity index (χ4n) is 4.09. The highest BCUT2D eigenvalue weighted by atomic mass is 32.2. The first-order chi connectivity index (χ1) is 16.1. The maximum atomic E-state index is 12.9. The summed E-state index contributed by atoms with van der Waals surface area (Å²) in [6, 6.07) is 9.99. The molecule has 0 aliphatic carbocycles. The zero-order valence-corrected chi connectivity index (χ0v) is 19.5. The van der Waals surface area contributed by atoms with Crippen LogP contribution in [0.25, 0.3) is 16.7 Å². The van der Waals surface area contributed by atoms with Gasteiger partial charge in [-0.05, 0) is 31.2 Å². The van der Waals surface area contributed by atoms with Crippen molar-refractivity contribution in [3.8, 4) is 5.88 Å². The van der Waals surface area contributed by atoms with Gasteiger partial charge >= 0.3 is 0 Å². The molecular formula is C23H26N6O3S. The number of rotatable bonds is 7. The van der Waals surface area contributed by atoms with E-state index in [-0.39, 0.29) is 12.0 Å². The lowest BCUT2D eigenvalue weighted by Gasteiger charge is -2.33. The maximum absolute atomic E-state index is 12.9. The Morgan fingerprint density at radius 1 is 1.33 bits per heavy atom. The first-order valence-corrected chi connectivity index (χ1v) is 12.2. The zero-order chi connectivity index (χ0) is 22.8. The molecule has 10 heteroatoms. The van der Waals surface area contributed by atoms with E-state index in [2.05, 4.69) is 26.1 Å². The van der Waals surface area contributed by atoms with Gasteiger partial charge in [-0.3, -0.25) is 4.79 Å². The van der Waals surface area contributed by atoms with E-state index >= 15 is 0 Å². The molecule has 1 unspecified atom stereocenters. The molecule has 4 aromatic rings. The van der Waals surface area contributed by atoms with Crippen LogP contribution in [0.1, 0.15) is 17.7 Å². The Balaban J connectivity index is 1.19. The normalized spacial score (nSPS) is 16.5. The molecule has 1 atom stereocenters. The van der Waals surface area contributed by atoms with Crippen LogP contribution < -0.4 is 4.74 Å². The van der Waals surface area contributed by atoms with Gasteiger partial charge in [0, 0.05) is 41.8 Å². The van der Waals surface area contributed by atoms with Gasteiger partial charge in [0.05, 0.1) is 13.2 Å². The number of thioether (sulfide) groups is 1. The van der Waals surface area contributed by atoms with Gasteiger partial charge in [-0.1, -0.05) is 30.0 Å². The molecule has 3 aromatic heterocycles. The Bertz CT molecular complexity index is 1290. The highest BCUT2D eigenvalue weighted by Crippen LogP contribution is 2.21. The van der Waals surface area contributed by atoms with Crippen molar-refractivity contribution in [1.82, 2.24) is 29.5 Å². The van der Waals surface area contributed by atoms with Gasteiger partial charge < -0.3 is 19.4 Å². The summed E-state index contributed by atoms with van der Waals surface area (Å²) in [6.07, 6.45) is 4.89. The smallest absolute Gasteiger partial charge is 0.256 e. The SMILES string of the molecule is CSc1nc2nc(C)cc(OCC3CN(C(=O)CCc4c[nH]c5ccccc45)CCO3)n2n1. The van der Waals surface area contributed by atoms with Crippen LogP contribution in [0.5, 0.6) is 5.88 Å². The number of fused-ring (bicyclic) bond motifs is 2. The molecule has 1 aliphatic heterocycles. The van der Waals surface area contributed by atoms with E-state index in [1.165, 1.54) is 22.7 Å².